The van der Waals surface area contributed by atoms with Crippen molar-refractivity contribution in [1.82, 2.24) is 24.7 Å². The molecule has 0 radical (unpaired) electrons. The van der Waals surface area contributed by atoms with E-state index >= 15 is 0 Å². The number of methoxy groups -OCH3 is 1. The van der Waals surface area contributed by atoms with E-state index in [9.17, 15) is 14.7 Å². The zero-order valence-corrected chi connectivity index (χ0v) is 26.0. The Morgan fingerprint density at radius 3 is 2.21 bits per heavy atom. The van der Waals surface area contributed by atoms with Crippen molar-refractivity contribution in [2.45, 2.75) is 92.1 Å². The number of amides is 2. The second-order valence-corrected chi connectivity index (χ2v) is 12.0. The molecule has 226 valence electrons. The Morgan fingerprint density at radius 1 is 1.10 bits per heavy atom. The van der Waals surface area contributed by atoms with E-state index in [-0.39, 0.29) is 36.1 Å². The monoisotopic (exact) mass is 601 g/mol. The average Bonchev–Trinajstić information content (AvgIpc) is 3.20. The van der Waals surface area contributed by atoms with Gasteiger partial charge in [0.2, 0.25) is 5.95 Å². The highest BCUT2D eigenvalue weighted by Gasteiger charge is 2.36. The number of hydrogen-bond acceptors (Lipinski definition) is 11. The molecule has 0 aliphatic rings. The number of ether oxygens (including phenoxy) is 3. The maximum absolute atomic E-state index is 13.2. The minimum atomic E-state index is -1.22. The van der Waals surface area contributed by atoms with Crippen LogP contribution in [0.2, 0.25) is 5.15 Å². The van der Waals surface area contributed by atoms with E-state index in [1.807, 2.05) is 13.8 Å². The van der Waals surface area contributed by atoms with Crippen molar-refractivity contribution in [3.05, 3.63) is 33.9 Å². The summed E-state index contributed by atoms with van der Waals surface area (Å²) in [6.07, 6.45) is -1.40. The first-order valence-electron chi connectivity index (χ1n) is 13.2. The van der Waals surface area contributed by atoms with Crippen molar-refractivity contribution in [3.63, 3.8) is 0 Å². The van der Waals surface area contributed by atoms with E-state index in [0.29, 0.717) is 27.4 Å². The Kier molecular flexibility index (Phi) is 9.64. The summed E-state index contributed by atoms with van der Waals surface area (Å²) in [6, 6.07) is 1.78. The van der Waals surface area contributed by atoms with E-state index in [0.717, 1.165) is 11.1 Å². The van der Waals surface area contributed by atoms with Crippen molar-refractivity contribution in [2.24, 2.45) is 0 Å². The molecule has 0 spiro atoms. The Labute approximate surface area is 249 Å². The van der Waals surface area contributed by atoms with Crippen LogP contribution in [0.5, 0.6) is 5.75 Å². The highest BCUT2D eigenvalue weighted by Crippen LogP contribution is 2.31. The maximum Gasteiger partial charge on any atom is 0.427 e. The molecule has 3 aromatic heterocycles. The van der Waals surface area contributed by atoms with Gasteiger partial charge < -0.3 is 19.3 Å². The molecule has 0 saturated carbocycles. The number of nitriles is 1. The van der Waals surface area contributed by atoms with Crippen LogP contribution in [-0.2, 0) is 22.4 Å². The predicted molar refractivity (Wildman–Crippen MR) is 155 cm³/mol. The fraction of sp³-hybridized carbons (Fsp3) is 0.536. The van der Waals surface area contributed by atoms with Gasteiger partial charge in [0.05, 0.1) is 36.5 Å². The van der Waals surface area contributed by atoms with Crippen LogP contribution in [0.25, 0.3) is 11.0 Å². The lowest BCUT2D eigenvalue weighted by Gasteiger charge is -2.27. The van der Waals surface area contributed by atoms with Gasteiger partial charge in [0.25, 0.3) is 0 Å². The Morgan fingerprint density at radius 2 is 1.69 bits per heavy atom. The molecule has 0 bridgehead atoms. The number of imide groups is 1. The summed E-state index contributed by atoms with van der Waals surface area (Å²) >= 11 is 6.65. The molecule has 3 heterocycles. The highest BCUT2D eigenvalue weighted by atomic mass is 35.5. The number of fused-ring (bicyclic) bond motifs is 1. The van der Waals surface area contributed by atoms with E-state index in [1.54, 1.807) is 60.9 Å². The molecular formula is C28H36ClN7O6. The number of carbonyl (C=O) groups excluding carboxylic acids is 2. The van der Waals surface area contributed by atoms with Crippen LogP contribution in [0.4, 0.5) is 15.5 Å². The number of aryl methyl sites for hydroxylation is 2. The third-order valence-electron chi connectivity index (χ3n) is 5.81. The Balaban J connectivity index is 2.24. The van der Waals surface area contributed by atoms with Gasteiger partial charge >= 0.3 is 12.2 Å². The Bertz CT molecular complexity index is 1510. The lowest BCUT2D eigenvalue weighted by atomic mass is 10.1. The highest BCUT2D eigenvalue weighted by molar-refractivity contribution is 6.34. The molecule has 14 heteroatoms. The van der Waals surface area contributed by atoms with Gasteiger partial charge in [-0.1, -0.05) is 11.6 Å². The molecule has 0 saturated heterocycles. The number of aliphatic hydroxyl groups is 1. The predicted octanol–water partition coefficient (Wildman–Crippen LogP) is 5.04. The van der Waals surface area contributed by atoms with Gasteiger partial charge in [-0.05, 0) is 68.2 Å². The number of rotatable bonds is 7. The van der Waals surface area contributed by atoms with E-state index in [2.05, 4.69) is 20.1 Å². The average molecular weight is 602 g/mol. The molecular weight excluding hydrogens is 566 g/mol. The van der Waals surface area contributed by atoms with Gasteiger partial charge in [-0.3, -0.25) is 4.98 Å². The summed E-state index contributed by atoms with van der Waals surface area (Å²) in [4.78, 5) is 40.4. The Hall–Kier alpha value is -4.02. The van der Waals surface area contributed by atoms with E-state index in [4.69, 9.17) is 31.1 Å². The van der Waals surface area contributed by atoms with Crippen molar-refractivity contribution >= 4 is 40.8 Å². The van der Waals surface area contributed by atoms with Gasteiger partial charge in [-0.25, -0.2) is 14.3 Å². The molecule has 3 rings (SSSR count). The first kappa shape index (κ1) is 32.5. The second kappa shape index (κ2) is 12.5. The summed E-state index contributed by atoms with van der Waals surface area (Å²) in [7, 11) is 1.57. The van der Waals surface area contributed by atoms with E-state index < -0.39 is 29.5 Å². The van der Waals surface area contributed by atoms with Crippen LogP contribution in [-0.4, -0.2) is 66.4 Å². The molecule has 0 aliphatic heterocycles. The van der Waals surface area contributed by atoms with Gasteiger partial charge in [0, 0.05) is 17.3 Å². The minimum absolute atomic E-state index is 0.0816. The summed E-state index contributed by atoms with van der Waals surface area (Å²) in [5.41, 5.74) is 0.960. The quantitative estimate of drug-likeness (QED) is 0.284. The van der Waals surface area contributed by atoms with Crippen molar-refractivity contribution < 1.29 is 28.9 Å². The lowest BCUT2D eigenvalue weighted by molar-refractivity contribution is 0.0427. The van der Waals surface area contributed by atoms with Crippen LogP contribution < -0.4 is 9.64 Å². The first-order valence-corrected chi connectivity index (χ1v) is 13.6. The third kappa shape index (κ3) is 7.63. The van der Waals surface area contributed by atoms with Crippen LogP contribution in [0, 0.1) is 25.2 Å². The second-order valence-electron chi connectivity index (χ2n) is 11.6. The molecule has 1 unspecified atom stereocenters. The zero-order chi connectivity index (χ0) is 31.6. The molecule has 2 amide bonds. The molecule has 13 nitrogen and oxygen atoms in total. The number of hydrogen-bond donors (Lipinski definition) is 1. The van der Waals surface area contributed by atoms with Gasteiger partial charge in [0.15, 0.2) is 5.65 Å². The fourth-order valence-corrected chi connectivity index (χ4v) is 4.31. The third-order valence-corrected chi connectivity index (χ3v) is 6.09. The largest absolute Gasteiger partial charge is 0.496 e. The standard InChI is InChI=1S/C28H36ClN7O6/c1-15-13-31-19(16(2)21(15)40-9)14-35-23-20(18(34-35)11-10-17(37)12-30)22(29)32-24(33-23)36(25(38)41-27(3,4)5)26(39)42-28(6,7)8/h13,17,37H,10-11,14H2,1-9H3. The summed E-state index contributed by atoms with van der Waals surface area (Å²) in [5, 5.41) is 23.8. The maximum atomic E-state index is 13.2. The van der Waals surface area contributed by atoms with Gasteiger partial charge in [0.1, 0.15) is 28.2 Å². The smallest absolute Gasteiger partial charge is 0.427 e. The molecule has 1 N–H and O–H groups in total. The minimum Gasteiger partial charge on any atom is -0.496 e. The number of carbonyl (C=O) groups is 2. The number of pyridine rings is 1. The number of halogens is 1. The van der Waals surface area contributed by atoms with Crippen LogP contribution in [0.15, 0.2) is 6.20 Å². The van der Waals surface area contributed by atoms with Crippen LogP contribution in [0.1, 0.15) is 70.5 Å². The van der Waals surface area contributed by atoms with Gasteiger partial charge in [-0.15, -0.1) is 4.90 Å². The number of aliphatic hydroxyl groups excluding tert-OH is 1. The number of anilines is 1. The molecule has 0 aromatic carbocycles. The topological polar surface area (TPSA) is 166 Å². The van der Waals surface area contributed by atoms with Crippen molar-refractivity contribution in [2.75, 3.05) is 12.0 Å². The number of nitrogens with zero attached hydrogens (tertiary/aromatic N) is 7. The molecule has 42 heavy (non-hydrogen) atoms. The van der Waals surface area contributed by atoms with E-state index in [1.165, 1.54) is 4.68 Å². The SMILES string of the molecule is COc1c(C)cnc(Cn2nc(CCC(O)C#N)c3c(Cl)nc(N(C(=O)OC(C)(C)C)C(=O)OC(C)(C)C)nc32)c1C. The fourth-order valence-electron chi connectivity index (χ4n) is 4.04. The van der Waals surface area contributed by atoms with Crippen molar-refractivity contribution in [1.29, 1.82) is 5.26 Å². The first-order chi connectivity index (χ1) is 19.5. The molecule has 1 atom stereocenters. The normalized spacial score (nSPS) is 12.5. The summed E-state index contributed by atoms with van der Waals surface area (Å²) in [5.74, 6) is 0.287. The van der Waals surface area contributed by atoms with Crippen LogP contribution >= 0.6 is 11.6 Å². The summed E-state index contributed by atoms with van der Waals surface area (Å²) in [6.45, 7) is 13.8. The zero-order valence-electron chi connectivity index (χ0n) is 25.3. The summed E-state index contributed by atoms with van der Waals surface area (Å²) < 4.78 is 18.0. The molecule has 3 aromatic rings. The number of aromatic nitrogens is 5. The molecule has 0 fully saturated rings. The molecule has 0 aliphatic carbocycles. The van der Waals surface area contributed by atoms with Crippen molar-refractivity contribution in [3.8, 4) is 11.8 Å². The van der Waals surface area contributed by atoms with Crippen LogP contribution in [0.3, 0.4) is 0 Å². The van der Waals surface area contributed by atoms with Gasteiger partial charge in [-0.2, -0.15) is 20.3 Å². The lowest BCUT2D eigenvalue weighted by Crippen LogP contribution is -2.44.